The summed E-state index contributed by atoms with van der Waals surface area (Å²) in [6.45, 7) is 8.33. The number of aromatic nitrogens is 3. The first-order chi connectivity index (χ1) is 9.01. The molecule has 0 bridgehead atoms. The predicted molar refractivity (Wildman–Crippen MR) is 79.6 cm³/mol. The van der Waals surface area contributed by atoms with Gasteiger partial charge in [0.1, 0.15) is 24.4 Å². The van der Waals surface area contributed by atoms with Gasteiger partial charge in [0.25, 0.3) is 0 Å². The molecule has 4 nitrogen and oxygen atoms in total. The van der Waals surface area contributed by atoms with Crippen LogP contribution in [0.1, 0.15) is 5.69 Å². The molecule has 2 aromatic heterocycles. The number of fused-ring (bicyclic) bond motifs is 1. The van der Waals surface area contributed by atoms with Gasteiger partial charge < -0.3 is 9.30 Å². The monoisotopic (exact) mass is 273 g/mol. The van der Waals surface area contributed by atoms with Crippen molar-refractivity contribution < 1.29 is 4.74 Å². The molecule has 0 amide bonds. The van der Waals surface area contributed by atoms with E-state index in [0.29, 0.717) is 12.4 Å². The zero-order valence-corrected chi connectivity index (χ0v) is 12.7. The van der Waals surface area contributed by atoms with Crippen molar-refractivity contribution in [2.75, 3.05) is 6.61 Å². The van der Waals surface area contributed by atoms with Crippen molar-refractivity contribution in [2.45, 2.75) is 32.4 Å². The van der Waals surface area contributed by atoms with Gasteiger partial charge in [0.15, 0.2) is 0 Å². The van der Waals surface area contributed by atoms with Crippen molar-refractivity contribution in [1.29, 1.82) is 0 Å². The van der Waals surface area contributed by atoms with Crippen molar-refractivity contribution in [3.8, 4) is 12.3 Å². The number of hydrogen-bond donors (Lipinski definition) is 0. The predicted octanol–water partition coefficient (Wildman–Crippen LogP) is 2.72. The van der Waals surface area contributed by atoms with Crippen molar-refractivity contribution in [1.82, 2.24) is 14.5 Å². The summed E-state index contributed by atoms with van der Waals surface area (Å²) >= 11 is 0. The summed E-state index contributed by atoms with van der Waals surface area (Å²) in [6.07, 6.45) is 8.85. The first kappa shape index (κ1) is 13.8. The van der Waals surface area contributed by atoms with E-state index in [9.17, 15) is 0 Å². The van der Waals surface area contributed by atoms with Gasteiger partial charge >= 0.3 is 0 Å². The summed E-state index contributed by atoms with van der Waals surface area (Å²) in [5.41, 5.74) is 1.46. The molecule has 0 aliphatic heterocycles. The minimum Gasteiger partial charge on any atom is -0.361 e. The molecular weight excluding hydrogens is 254 g/mol. The topological polar surface area (TPSA) is 39.9 Å². The minimum atomic E-state index is -1.03. The lowest BCUT2D eigenvalue weighted by atomic mass is 10.3. The fourth-order valence-electron chi connectivity index (χ4n) is 1.76. The second-order valence-electron chi connectivity index (χ2n) is 5.74. The molecule has 19 heavy (non-hydrogen) atoms. The third kappa shape index (κ3) is 3.43. The molecule has 0 N–H and O–H groups in total. The zero-order chi connectivity index (χ0) is 13.9. The molecule has 5 heteroatoms. The van der Waals surface area contributed by atoms with Crippen molar-refractivity contribution in [3.05, 3.63) is 24.3 Å². The van der Waals surface area contributed by atoms with E-state index in [1.165, 1.54) is 6.33 Å². The Morgan fingerprint density at radius 2 is 2.16 bits per heavy atom. The molecule has 0 aliphatic rings. The number of rotatable bonds is 5. The highest BCUT2D eigenvalue weighted by molar-refractivity contribution is 6.76. The second kappa shape index (κ2) is 5.55. The van der Waals surface area contributed by atoms with Gasteiger partial charge in [-0.2, -0.15) is 0 Å². The van der Waals surface area contributed by atoms with Crippen molar-refractivity contribution in [2.24, 2.45) is 0 Å². The van der Waals surface area contributed by atoms with Gasteiger partial charge in [-0.25, -0.2) is 9.97 Å². The van der Waals surface area contributed by atoms with Crippen LogP contribution in [0.25, 0.3) is 11.0 Å². The first-order valence-electron chi connectivity index (χ1n) is 6.35. The molecule has 100 valence electrons. The maximum absolute atomic E-state index is 5.72. The maximum Gasteiger partial charge on any atom is 0.146 e. The summed E-state index contributed by atoms with van der Waals surface area (Å²) < 4.78 is 7.68. The third-order valence-corrected chi connectivity index (χ3v) is 4.62. The van der Waals surface area contributed by atoms with Gasteiger partial charge in [-0.15, -0.1) is 6.42 Å². The third-order valence-electron chi connectivity index (χ3n) is 2.92. The second-order valence-corrected chi connectivity index (χ2v) is 11.4. The Morgan fingerprint density at radius 1 is 1.37 bits per heavy atom. The highest BCUT2D eigenvalue weighted by Gasteiger charge is 2.12. The Balaban J connectivity index is 2.04. The van der Waals surface area contributed by atoms with Gasteiger partial charge in [0.05, 0.1) is 5.39 Å². The minimum absolute atomic E-state index is 0.509. The molecule has 2 aromatic rings. The number of terminal acetylenes is 1. The Kier molecular flexibility index (Phi) is 4.03. The normalized spacial score (nSPS) is 11.7. The van der Waals surface area contributed by atoms with E-state index in [2.05, 4.69) is 35.5 Å². The van der Waals surface area contributed by atoms with Crippen LogP contribution in [0.15, 0.2) is 18.6 Å². The van der Waals surface area contributed by atoms with E-state index >= 15 is 0 Å². The fraction of sp³-hybridized carbons (Fsp3) is 0.429. The SMILES string of the molecule is C#Cc1ncnc2c1ccn2COCC[Si](C)(C)C. The lowest BCUT2D eigenvalue weighted by Crippen LogP contribution is -2.22. The molecule has 0 aromatic carbocycles. The number of hydrogen-bond acceptors (Lipinski definition) is 3. The molecule has 0 spiro atoms. The van der Waals surface area contributed by atoms with Gasteiger partial charge in [-0.05, 0) is 18.0 Å². The van der Waals surface area contributed by atoms with Crippen LogP contribution in [0.5, 0.6) is 0 Å². The van der Waals surface area contributed by atoms with E-state index in [1.54, 1.807) is 0 Å². The molecule has 0 radical (unpaired) electrons. The Hall–Kier alpha value is -1.64. The van der Waals surface area contributed by atoms with Crippen molar-refractivity contribution in [3.63, 3.8) is 0 Å². The van der Waals surface area contributed by atoms with Crippen LogP contribution in [-0.4, -0.2) is 29.2 Å². The fourth-order valence-corrected chi connectivity index (χ4v) is 2.52. The highest BCUT2D eigenvalue weighted by atomic mass is 28.3. The average Bonchev–Trinajstić information content (AvgIpc) is 2.76. The average molecular weight is 273 g/mol. The molecular formula is C14H19N3OSi. The maximum atomic E-state index is 5.72. The molecule has 2 rings (SSSR count). The standard InChI is InChI=1S/C14H19N3OSi/c1-5-13-12-6-7-17(14(12)16-10-15-13)11-18-8-9-19(2,3)4/h1,6-7,10H,8-9,11H2,2-4H3. The number of nitrogens with zero attached hydrogens (tertiary/aromatic N) is 3. The summed E-state index contributed by atoms with van der Waals surface area (Å²) in [5.74, 6) is 2.57. The molecule has 0 fully saturated rings. The van der Waals surface area contributed by atoms with Crippen molar-refractivity contribution >= 4 is 19.1 Å². The lowest BCUT2D eigenvalue weighted by Gasteiger charge is -2.15. The van der Waals surface area contributed by atoms with Crippen LogP contribution >= 0.6 is 0 Å². The van der Waals surface area contributed by atoms with E-state index in [4.69, 9.17) is 11.2 Å². The molecule has 2 heterocycles. The summed E-state index contributed by atoms with van der Waals surface area (Å²) in [5, 5.41) is 0.902. The summed E-state index contributed by atoms with van der Waals surface area (Å²) in [7, 11) is -1.03. The molecule has 0 aliphatic carbocycles. The van der Waals surface area contributed by atoms with Crippen LogP contribution < -0.4 is 0 Å². The summed E-state index contributed by atoms with van der Waals surface area (Å²) in [4.78, 5) is 8.33. The zero-order valence-electron chi connectivity index (χ0n) is 11.7. The Bertz CT molecular complexity index is 607. The molecule has 0 unspecified atom stereocenters. The smallest absolute Gasteiger partial charge is 0.146 e. The number of ether oxygens (including phenoxy) is 1. The van der Waals surface area contributed by atoms with Gasteiger partial charge in [0, 0.05) is 20.9 Å². The lowest BCUT2D eigenvalue weighted by molar-refractivity contribution is 0.0899. The molecule has 0 atom stereocenters. The van der Waals surface area contributed by atoms with Crippen LogP contribution in [-0.2, 0) is 11.5 Å². The van der Waals surface area contributed by atoms with Gasteiger partial charge in [0.2, 0.25) is 0 Å². The van der Waals surface area contributed by atoms with E-state index in [0.717, 1.165) is 23.7 Å². The Morgan fingerprint density at radius 3 is 2.84 bits per heavy atom. The highest BCUT2D eigenvalue weighted by Crippen LogP contribution is 2.15. The van der Waals surface area contributed by atoms with Crippen LogP contribution in [0.4, 0.5) is 0 Å². The van der Waals surface area contributed by atoms with E-state index < -0.39 is 8.07 Å². The molecule has 0 saturated heterocycles. The Labute approximate surface area is 114 Å². The summed E-state index contributed by atoms with van der Waals surface area (Å²) in [6, 6.07) is 3.10. The van der Waals surface area contributed by atoms with E-state index in [1.807, 2.05) is 16.8 Å². The van der Waals surface area contributed by atoms with E-state index in [-0.39, 0.29) is 0 Å². The van der Waals surface area contributed by atoms with Gasteiger partial charge in [-0.3, -0.25) is 0 Å². The largest absolute Gasteiger partial charge is 0.361 e. The van der Waals surface area contributed by atoms with Gasteiger partial charge in [-0.1, -0.05) is 19.6 Å². The van der Waals surface area contributed by atoms with Crippen LogP contribution in [0, 0.1) is 12.3 Å². The van der Waals surface area contributed by atoms with Crippen LogP contribution in [0.2, 0.25) is 25.7 Å². The molecule has 0 saturated carbocycles. The quantitative estimate of drug-likeness (QED) is 0.478. The van der Waals surface area contributed by atoms with Crippen LogP contribution in [0.3, 0.4) is 0 Å². The first-order valence-corrected chi connectivity index (χ1v) is 10.1.